The van der Waals surface area contributed by atoms with Crippen molar-refractivity contribution in [2.75, 3.05) is 13.1 Å². The maximum Gasteiger partial charge on any atom is 0.394 e. The molecule has 1 heterocycles. The molecule has 1 N–H and O–H groups in total. The highest BCUT2D eigenvalue weighted by atomic mass is 79.9. The van der Waals surface area contributed by atoms with Gasteiger partial charge in [0, 0.05) is 10.0 Å². The lowest BCUT2D eigenvalue weighted by atomic mass is 9.86. The Morgan fingerprint density at radius 1 is 1.33 bits per heavy atom. The van der Waals surface area contributed by atoms with Crippen LogP contribution in [0.3, 0.4) is 0 Å². The zero-order valence-electron chi connectivity index (χ0n) is 12.2. The van der Waals surface area contributed by atoms with Gasteiger partial charge in [0.25, 0.3) is 0 Å². The van der Waals surface area contributed by atoms with E-state index in [1.165, 1.54) is 4.90 Å². The highest BCUT2D eigenvalue weighted by Crippen LogP contribution is 2.34. The number of hydrogen-bond donors (Lipinski definition) is 1. The molecule has 2 rings (SSSR count). The lowest BCUT2D eigenvalue weighted by Gasteiger charge is -2.38. The number of benzene rings is 1. The summed E-state index contributed by atoms with van der Waals surface area (Å²) in [6, 6.07) is 5.82. The third kappa shape index (κ3) is 3.56. The minimum absolute atomic E-state index is 0.0700. The fourth-order valence-corrected chi connectivity index (χ4v) is 2.55. The number of nitrogens with zero attached hydrogens (tertiary/aromatic N) is 1. The minimum atomic E-state index is -1.42. The van der Waals surface area contributed by atoms with E-state index in [9.17, 15) is 9.59 Å². The molecular formula is C15H18BrNO4. The first-order valence-electron chi connectivity index (χ1n) is 6.67. The van der Waals surface area contributed by atoms with E-state index < -0.39 is 11.9 Å². The van der Waals surface area contributed by atoms with E-state index in [4.69, 9.17) is 9.84 Å². The van der Waals surface area contributed by atoms with Gasteiger partial charge in [-0.1, -0.05) is 36.7 Å². The van der Waals surface area contributed by atoms with Gasteiger partial charge in [-0.2, -0.15) is 0 Å². The van der Waals surface area contributed by atoms with Gasteiger partial charge in [0.15, 0.2) is 0 Å². The van der Waals surface area contributed by atoms with Crippen LogP contribution in [-0.2, 0) is 15.0 Å². The lowest BCUT2D eigenvalue weighted by Crippen LogP contribution is -2.57. The SMILES string of the molecule is CC(C)(C)c1cc(Br)ccc1OC1CN(C(=O)C(=O)O)C1. The Morgan fingerprint density at radius 2 is 1.95 bits per heavy atom. The van der Waals surface area contributed by atoms with Crippen LogP contribution in [0.4, 0.5) is 0 Å². The number of ether oxygens (including phenoxy) is 1. The normalized spacial score (nSPS) is 15.5. The van der Waals surface area contributed by atoms with Crippen LogP contribution in [0.15, 0.2) is 22.7 Å². The fourth-order valence-electron chi connectivity index (χ4n) is 2.18. The molecule has 0 unspecified atom stereocenters. The highest BCUT2D eigenvalue weighted by molar-refractivity contribution is 9.10. The van der Waals surface area contributed by atoms with Crippen LogP contribution in [0.1, 0.15) is 26.3 Å². The molecule has 0 aromatic heterocycles. The third-order valence-corrected chi connectivity index (χ3v) is 3.85. The Morgan fingerprint density at radius 3 is 2.48 bits per heavy atom. The summed E-state index contributed by atoms with van der Waals surface area (Å²) in [6.45, 7) is 6.92. The number of likely N-dealkylation sites (tertiary alicyclic amines) is 1. The zero-order valence-corrected chi connectivity index (χ0v) is 13.8. The molecule has 0 atom stereocenters. The molecule has 1 aliphatic heterocycles. The van der Waals surface area contributed by atoms with Gasteiger partial charge in [-0.05, 0) is 23.6 Å². The minimum Gasteiger partial charge on any atom is -0.486 e. The molecule has 1 aromatic carbocycles. The van der Waals surface area contributed by atoms with Crippen LogP contribution in [0.25, 0.3) is 0 Å². The predicted molar refractivity (Wildman–Crippen MR) is 81.5 cm³/mol. The Bertz CT molecular complexity index is 574. The Kier molecular flexibility index (Phi) is 4.27. The van der Waals surface area contributed by atoms with Crippen molar-refractivity contribution >= 4 is 27.8 Å². The van der Waals surface area contributed by atoms with E-state index in [2.05, 4.69) is 36.7 Å². The molecule has 0 spiro atoms. The summed E-state index contributed by atoms with van der Waals surface area (Å²) in [5.74, 6) is -1.52. The van der Waals surface area contributed by atoms with Crippen LogP contribution in [0.5, 0.6) is 5.75 Å². The largest absolute Gasteiger partial charge is 0.486 e. The van der Waals surface area contributed by atoms with Crippen molar-refractivity contribution in [1.29, 1.82) is 0 Å². The number of carboxylic acid groups (broad SMARTS) is 1. The first kappa shape index (κ1) is 15.8. The summed E-state index contributed by atoms with van der Waals surface area (Å²) in [5, 5.41) is 8.64. The van der Waals surface area contributed by atoms with Gasteiger partial charge < -0.3 is 14.7 Å². The maximum absolute atomic E-state index is 11.3. The molecule has 1 aromatic rings. The van der Waals surface area contributed by atoms with E-state index >= 15 is 0 Å². The molecule has 1 saturated heterocycles. The van der Waals surface area contributed by atoms with Gasteiger partial charge in [0.1, 0.15) is 11.9 Å². The van der Waals surface area contributed by atoms with Gasteiger partial charge in [0.2, 0.25) is 0 Å². The van der Waals surface area contributed by atoms with Crippen LogP contribution in [0, 0.1) is 0 Å². The average Bonchev–Trinajstić information content (AvgIpc) is 2.32. The first-order valence-corrected chi connectivity index (χ1v) is 7.46. The average molecular weight is 356 g/mol. The number of rotatable bonds is 2. The number of halogens is 1. The molecule has 5 nitrogen and oxygen atoms in total. The number of carbonyl (C=O) groups is 2. The summed E-state index contributed by atoms with van der Waals surface area (Å²) in [7, 11) is 0. The van der Waals surface area contributed by atoms with Gasteiger partial charge >= 0.3 is 11.9 Å². The van der Waals surface area contributed by atoms with Crippen LogP contribution < -0.4 is 4.74 Å². The molecule has 0 aliphatic carbocycles. The van der Waals surface area contributed by atoms with E-state index in [1.807, 2.05) is 18.2 Å². The lowest BCUT2D eigenvalue weighted by molar-refractivity contribution is -0.160. The van der Waals surface area contributed by atoms with Gasteiger partial charge in [-0.25, -0.2) is 4.79 Å². The second kappa shape index (κ2) is 5.67. The number of hydrogen-bond acceptors (Lipinski definition) is 3. The molecule has 1 fully saturated rings. The summed E-state index contributed by atoms with van der Waals surface area (Å²) < 4.78 is 6.90. The van der Waals surface area contributed by atoms with Crippen molar-refractivity contribution in [2.24, 2.45) is 0 Å². The van der Waals surface area contributed by atoms with Crippen molar-refractivity contribution in [3.05, 3.63) is 28.2 Å². The van der Waals surface area contributed by atoms with E-state index in [1.54, 1.807) is 0 Å². The molecule has 1 aliphatic rings. The van der Waals surface area contributed by atoms with Crippen molar-refractivity contribution in [2.45, 2.75) is 32.3 Å². The van der Waals surface area contributed by atoms with Gasteiger partial charge in [-0.15, -0.1) is 0 Å². The first-order chi connectivity index (χ1) is 9.68. The molecule has 0 bridgehead atoms. The monoisotopic (exact) mass is 355 g/mol. The van der Waals surface area contributed by atoms with Crippen molar-refractivity contribution in [3.8, 4) is 5.75 Å². The highest BCUT2D eigenvalue weighted by Gasteiger charge is 2.36. The summed E-state index contributed by atoms with van der Waals surface area (Å²) >= 11 is 3.46. The Labute approximate surface area is 132 Å². The molecule has 21 heavy (non-hydrogen) atoms. The van der Waals surface area contributed by atoms with E-state index in [-0.39, 0.29) is 11.5 Å². The molecule has 1 amide bonds. The van der Waals surface area contributed by atoms with Gasteiger partial charge in [0.05, 0.1) is 13.1 Å². The standard InChI is InChI=1S/C15H18BrNO4/c1-15(2,3)11-6-9(16)4-5-12(11)21-10-7-17(8-10)13(18)14(19)20/h4-6,10H,7-8H2,1-3H3,(H,19,20). The topological polar surface area (TPSA) is 66.8 Å². The summed E-state index contributed by atoms with van der Waals surface area (Å²) in [4.78, 5) is 23.1. The van der Waals surface area contributed by atoms with Crippen molar-refractivity contribution < 1.29 is 19.4 Å². The zero-order chi connectivity index (χ0) is 15.8. The van der Waals surface area contributed by atoms with Crippen LogP contribution in [-0.4, -0.2) is 41.1 Å². The maximum atomic E-state index is 11.3. The number of carbonyl (C=O) groups excluding carboxylic acids is 1. The summed E-state index contributed by atoms with van der Waals surface area (Å²) in [6.07, 6.45) is -0.157. The molecule has 0 radical (unpaired) electrons. The van der Waals surface area contributed by atoms with E-state index in [0.29, 0.717) is 13.1 Å². The predicted octanol–water partition coefficient (Wildman–Crippen LogP) is 2.42. The molecule has 0 saturated carbocycles. The second-order valence-electron chi connectivity index (χ2n) is 6.15. The summed E-state index contributed by atoms with van der Waals surface area (Å²) in [5.41, 5.74) is 0.999. The smallest absolute Gasteiger partial charge is 0.394 e. The van der Waals surface area contributed by atoms with Crippen molar-refractivity contribution in [1.82, 2.24) is 4.90 Å². The Hall–Kier alpha value is -1.56. The van der Waals surface area contributed by atoms with Crippen LogP contribution >= 0.6 is 15.9 Å². The Balaban J connectivity index is 2.06. The quantitative estimate of drug-likeness (QED) is 0.827. The number of carboxylic acids is 1. The molecule has 6 heteroatoms. The third-order valence-electron chi connectivity index (χ3n) is 3.36. The van der Waals surface area contributed by atoms with Crippen LogP contribution in [0.2, 0.25) is 0 Å². The van der Waals surface area contributed by atoms with E-state index in [0.717, 1.165) is 15.8 Å². The molecular weight excluding hydrogens is 338 g/mol. The van der Waals surface area contributed by atoms with Crippen molar-refractivity contribution in [3.63, 3.8) is 0 Å². The number of amides is 1. The molecule has 114 valence electrons. The van der Waals surface area contributed by atoms with Gasteiger partial charge in [-0.3, -0.25) is 4.79 Å². The fraction of sp³-hybridized carbons (Fsp3) is 0.467. The number of aliphatic carboxylic acids is 1. The second-order valence-corrected chi connectivity index (χ2v) is 7.06.